The summed E-state index contributed by atoms with van der Waals surface area (Å²) in [6.07, 6.45) is 9.30. The lowest BCUT2D eigenvalue weighted by atomic mass is 10.1. The Hall–Kier alpha value is -2.32. The van der Waals surface area contributed by atoms with E-state index in [2.05, 4.69) is 14.7 Å². The molecule has 2 aromatic rings. The first-order valence-electron chi connectivity index (χ1n) is 12.7. The summed E-state index contributed by atoms with van der Waals surface area (Å²) in [5, 5.41) is 0.983. The predicted octanol–water partition coefficient (Wildman–Crippen LogP) is 3.38. The van der Waals surface area contributed by atoms with Gasteiger partial charge in [0, 0.05) is 37.6 Å². The zero-order valence-electron chi connectivity index (χ0n) is 20.0. The number of likely N-dealkylation sites (tertiary alicyclic amines) is 1. The summed E-state index contributed by atoms with van der Waals surface area (Å²) in [6, 6.07) is 4.07. The summed E-state index contributed by atoms with van der Waals surface area (Å²) in [5.41, 5.74) is 7.43. The highest BCUT2D eigenvalue weighted by Gasteiger charge is 2.26. The molecule has 3 fully saturated rings. The fraction of sp³-hybridized carbons (Fsp3) is 0.680. The Balaban J connectivity index is 1.45. The molecule has 3 saturated heterocycles. The number of nitrogens with zero attached hydrogens (tertiary/aromatic N) is 5. The minimum absolute atomic E-state index is 0.0178. The van der Waals surface area contributed by atoms with Gasteiger partial charge >= 0.3 is 0 Å². The van der Waals surface area contributed by atoms with E-state index < -0.39 is 0 Å². The van der Waals surface area contributed by atoms with Crippen molar-refractivity contribution in [3.8, 4) is 11.5 Å². The minimum Gasteiger partial charge on any atom is -0.493 e. The number of anilines is 2. The molecule has 0 saturated carbocycles. The van der Waals surface area contributed by atoms with Crippen molar-refractivity contribution >= 4 is 22.7 Å². The standard InChI is InChI=1S/C25H38N6O2/c1-32-21-17-19-20(18-22(21)33-16-8-12-29-10-4-5-11-29)27-25(30-13-6-7-14-30)28-24(19)31-15-3-2-9-23(31)26/h17-18,23H,2-16,26H2,1H3. The summed E-state index contributed by atoms with van der Waals surface area (Å²) in [5.74, 6) is 3.21. The van der Waals surface area contributed by atoms with E-state index in [-0.39, 0.29) is 6.17 Å². The van der Waals surface area contributed by atoms with Gasteiger partial charge in [-0.3, -0.25) is 0 Å². The van der Waals surface area contributed by atoms with Gasteiger partial charge in [0.2, 0.25) is 5.95 Å². The van der Waals surface area contributed by atoms with Crippen LogP contribution < -0.4 is 25.0 Å². The molecule has 4 heterocycles. The number of ether oxygens (including phenoxy) is 2. The van der Waals surface area contributed by atoms with Gasteiger partial charge in [0.15, 0.2) is 11.5 Å². The van der Waals surface area contributed by atoms with Crippen molar-refractivity contribution < 1.29 is 9.47 Å². The van der Waals surface area contributed by atoms with E-state index >= 15 is 0 Å². The molecule has 5 rings (SSSR count). The van der Waals surface area contributed by atoms with E-state index in [4.69, 9.17) is 25.2 Å². The maximum absolute atomic E-state index is 6.53. The maximum Gasteiger partial charge on any atom is 0.227 e. The zero-order valence-corrected chi connectivity index (χ0v) is 20.0. The molecule has 1 aromatic carbocycles. The van der Waals surface area contributed by atoms with Gasteiger partial charge in [0.1, 0.15) is 5.82 Å². The minimum atomic E-state index is -0.0178. The second-order valence-electron chi connectivity index (χ2n) is 9.57. The lowest BCUT2D eigenvalue weighted by Crippen LogP contribution is -2.46. The molecule has 0 amide bonds. The number of fused-ring (bicyclic) bond motifs is 1. The number of hydrogen-bond donors (Lipinski definition) is 1. The number of methoxy groups -OCH3 is 1. The highest BCUT2D eigenvalue weighted by Crippen LogP contribution is 2.38. The van der Waals surface area contributed by atoms with Crippen molar-refractivity contribution in [2.75, 3.05) is 62.8 Å². The molecular formula is C25H38N6O2. The van der Waals surface area contributed by atoms with Crippen molar-refractivity contribution in [2.45, 2.75) is 57.5 Å². The van der Waals surface area contributed by atoms with E-state index in [0.29, 0.717) is 6.61 Å². The molecule has 180 valence electrons. The molecule has 1 aromatic heterocycles. The lowest BCUT2D eigenvalue weighted by molar-refractivity contribution is 0.254. The first kappa shape index (κ1) is 22.5. The number of hydrogen-bond acceptors (Lipinski definition) is 8. The SMILES string of the molecule is COc1cc2c(N3CCCCC3N)nc(N3CCCC3)nc2cc1OCCCN1CCCC1. The van der Waals surface area contributed by atoms with E-state index in [9.17, 15) is 0 Å². The number of piperidine rings is 1. The van der Waals surface area contributed by atoms with Crippen molar-refractivity contribution in [3.63, 3.8) is 0 Å². The monoisotopic (exact) mass is 454 g/mol. The topological polar surface area (TPSA) is 80.0 Å². The first-order chi connectivity index (χ1) is 16.2. The number of benzene rings is 1. The third-order valence-electron chi connectivity index (χ3n) is 7.23. The van der Waals surface area contributed by atoms with Crippen LogP contribution >= 0.6 is 0 Å². The lowest BCUT2D eigenvalue weighted by Gasteiger charge is -2.35. The van der Waals surface area contributed by atoms with Crippen LogP contribution in [0, 0.1) is 0 Å². The van der Waals surface area contributed by atoms with Gasteiger partial charge in [0.05, 0.1) is 25.4 Å². The van der Waals surface area contributed by atoms with Crippen LogP contribution in [-0.4, -0.2) is 74.0 Å². The number of nitrogens with two attached hydrogens (primary N) is 1. The van der Waals surface area contributed by atoms with Gasteiger partial charge in [-0.1, -0.05) is 0 Å². The Kier molecular flexibility index (Phi) is 7.02. The van der Waals surface area contributed by atoms with Crippen LogP contribution in [0.3, 0.4) is 0 Å². The molecule has 2 N–H and O–H groups in total. The average molecular weight is 455 g/mol. The number of aromatic nitrogens is 2. The number of rotatable bonds is 8. The molecule has 0 spiro atoms. The summed E-state index contributed by atoms with van der Waals surface area (Å²) < 4.78 is 11.9. The highest BCUT2D eigenvalue weighted by molar-refractivity contribution is 5.93. The van der Waals surface area contributed by atoms with Crippen LogP contribution in [0.15, 0.2) is 12.1 Å². The fourth-order valence-electron chi connectivity index (χ4n) is 5.36. The maximum atomic E-state index is 6.53. The smallest absolute Gasteiger partial charge is 0.227 e. The molecule has 3 aliphatic rings. The Labute approximate surface area is 197 Å². The fourth-order valence-corrected chi connectivity index (χ4v) is 5.36. The quantitative estimate of drug-likeness (QED) is 0.608. The first-order valence-corrected chi connectivity index (χ1v) is 12.7. The van der Waals surface area contributed by atoms with Crippen molar-refractivity contribution in [1.29, 1.82) is 0 Å². The molecule has 0 aliphatic carbocycles. The normalized spacial score (nSPS) is 21.8. The highest BCUT2D eigenvalue weighted by atomic mass is 16.5. The van der Waals surface area contributed by atoms with Crippen LogP contribution in [0.1, 0.15) is 51.4 Å². The Morgan fingerprint density at radius 2 is 1.70 bits per heavy atom. The molecular weight excluding hydrogens is 416 g/mol. The second kappa shape index (κ2) is 10.3. The summed E-state index contributed by atoms with van der Waals surface area (Å²) in [6.45, 7) is 7.14. The largest absolute Gasteiger partial charge is 0.493 e. The Morgan fingerprint density at radius 3 is 2.45 bits per heavy atom. The van der Waals surface area contributed by atoms with Gasteiger partial charge in [-0.05, 0) is 70.5 Å². The van der Waals surface area contributed by atoms with Gasteiger partial charge in [-0.15, -0.1) is 0 Å². The molecule has 0 radical (unpaired) electrons. The van der Waals surface area contributed by atoms with Crippen LogP contribution in [0.4, 0.5) is 11.8 Å². The van der Waals surface area contributed by atoms with Crippen molar-refractivity contribution in [2.24, 2.45) is 5.73 Å². The zero-order chi connectivity index (χ0) is 22.6. The van der Waals surface area contributed by atoms with Gasteiger partial charge in [-0.2, -0.15) is 4.98 Å². The van der Waals surface area contributed by atoms with Crippen molar-refractivity contribution in [1.82, 2.24) is 14.9 Å². The Bertz CT molecular complexity index is 942. The van der Waals surface area contributed by atoms with Gasteiger partial charge in [-0.25, -0.2) is 4.98 Å². The van der Waals surface area contributed by atoms with E-state index in [1.807, 2.05) is 12.1 Å². The van der Waals surface area contributed by atoms with E-state index in [0.717, 1.165) is 79.6 Å². The van der Waals surface area contributed by atoms with E-state index in [1.54, 1.807) is 7.11 Å². The molecule has 33 heavy (non-hydrogen) atoms. The summed E-state index contributed by atoms with van der Waals surface area (Å²) >= 11 is 0. The van der Waals surface area contributed by atoms with Crippen LogP contribution in [0.2, 0.25) is 0 Å². The van der Waals surface area contributed by atoms with Crippen molar-refractivity contribution in [3.05, 3.63) is 12.1 Å². The predicted molar refractivity (Wildman–Crippen MR) is 132 cm³/mol. The van der Waals surface area contributed by atoms with Gasteiger partial charge < -0.3 is 29.9 Å². The van der Waals surface area contributed by atoms with Crippen LogP contribution in [0.25, 0.3) is 10.9 Å². The molecule has 1 atom stereocenters. The summed E-state index contributed by atoms with van der Waals surface area (Å²) in [7, 11) is 1.70. The van der Waals surface area contributed by atoms with E-state index in [1.165, 1.54) is 45.2 Å². The molecule has 0 bridgehead atoms. The molecule has 8 heteroatoms. The second-order valence-corrected chi connectivity index (χ2v) is 9.57. The van der Waals surface area contributed by atoms with Gasteiger partial charge in [0.25, 0.3) is 0 Å². The molecule has 1 unspecified atom stereocenters. The third-order valence-corrected chi connectivity index (χ3v) is 7.23. The summed E-state index contributed by atoms with van der Waals surface area (Å²) in [4.78, 5) is 17.1. The van der Waals surface area contributed by atoms with Crippen LogP contribution in [0.5, 0.6) is 11.5 Å². The Morgan fingerprint density at radius 1 is 0.939 bits per heavy atom. The third kappa shape index (κ3) is 4.96. The van der Waals surface area contributed by atoms with Crippen LogP contribution in [-0.2, 0) is 0 Å². The molecule has 8 nitrogen and oxygen atoms in total. The average Bonchev–Trinajstić information content (AvgIpc) is 3.56. The molecule has 3 aliphatic heterocycles.